The number of carbonyl (C=O) groups is 1. The summed E-state index contributed by atoms with van der Waals surface area (Å²) >= 11 is 5.91. The van der Waals surface area contributed by atoms with E-state index in [1.165, 1.54) is 6.07 Å². The number of rotatable bonds is 5. The predicted octanol–water partition coefficient (Wildman–Crippen LogP) is 6.75. The third-order valence-corrected chi connectivity index (χ3v) is 5.33. The molecule has 1 heterocycles. The number of benzene rings is 3. The molecular formula is C25H18ClF4N5O2. The van der Waals surface area contributed by atoms with E-state index in [4.69, 9.17) is 16.3 Å². The maximum Gasteiger partial charge on any atom is 0.416 e. The second-order valence-electron chi connectivity index (χ2n) is 7.73. The van der Waals surface area contributed by atoms with Gasteiger partial charge in [-0.3, -0.25) is 10.1 Å². The molecule has 7 nitrogen and oxygen atoms in total. The lowest BCUT2D eigenvalue weighted by Gasteiger charge is -2.12. The Balaban J connectivity index is 1.59. The number of amides is 1. The number of halogens is 5. The topological polar surface area (TPSA) is 87.4 Å². The van der Waals surface area contributed by atoms with E-state index in [2.05, 4.69) is 25.9 Å². The number of hydrogen-bond acceptors (Lipinski definition) is 5. The highest BCUT2D eigenvalue weighted by molar-refractivity contribution is 6.31. The molecule has 1 aliphatic heterocycles. The molecular weight excluding hydrogens is 514 g/mol. The molecule has 2 N–H and O–H groups in total. The molecule has 0 bridgehead atoms. The van der Waals surface area contributed by atoms with E-state index in [1.807, 2.05) is 12.1 Å². The molecule has 190 valence electrons. The number of hydrogen-bond donors (Lipinski definition) is 2. The minimum Gasteiger partial charge on any atom is -0.497 e. The summed E-state index contributed by atoms with van der Waals surface area (Å²) < 4.78 is 57.5. The van der Waals surface area contributed by atoms with Crippen LogP contribution in [0.3, 0.4) is 0 Å². The molecule has 1 amide bonds. The SMILES string of the molecule is COc1ccc(C2C=C(N=C(NC(=O)c3ccc(C(F)(F)F)cc3)Nc3cc(F)cc(Cl)c3)N=N2)cc1. The lowest BCUT2D eigenvalue weighted by atomic mass is 10.1. The molecule has 0 aliphatic carbocycles. The second-order valence-corrected chi connectivity index (χ2v) is 8.17. The summed E-state index contributed by atoms with van der Waals surface area (Å²) in [6.07, 6.45) is -2.91. The number of ether oxygens (including phenoxy) is 1. The van der Waals surface area contributed by atoms with E-state index in [0.29, 0.717) is 5.75 Å². The van der Waals surface area contributed by atoms with E-state index < -0.39 is 29.5 Å². The van der Waals surface area contributed by atoms with Crippen LogP contribution in [-0.2, 0) is 6.18 Å². The quantitative estimate of drug-likeness (QED) is 0.217. The summed E-state index contributed by atoms with van der Waals surface area (Å²) in [7, 11) is 1.55. The van der Waals surface area contributed by atoms with Crippen LogP contribution in [0.25, 0.3) is 0 Å². The van der Waals surface area contributed by atoms with Gasteiger partial charge in [-0.25, -0.2) is 4.39 Å². The van der Waals surface area contributed by atoms with Crippen molar-refractivity contribution >= 4 is 29.2 Å². The van der Waals surface area contributed by atoms with Gasteiger partial charge in [0.2, 0.25) is 5.96 Å². The van der Waals surface area contributed by atoms with Gasteiger partial charge in [-0.2, -0.15) is 23.3 Å². The molecule has 0 fully saturated rings. The Morgan fingerprint density at radius 3 is 2.38 bits per heavy atom. The van der Waals surface area contributed by atoms with Crippen molar-refractivity contribution in [3.8, 4) is 5.75 Å². The molecule has 3 aromatic rings. The van der Waals surface area contributed by atoms with Gasteiger partial charge in [0.1, 0.15) is 17.6 Å². The molecule has 0 saturated heterocycles. The molecule has 1 atom stereocenters. The summed E-state index contributed by atoms with van der Waals surface area (Å²) in [4.78, 5) is 17.0. The van der Waals surface area contributed by atoms with Gasteiger partial charge < -0.3 is 10.1 Å². The number of azo groups is 1. The number of aliphatic imine (C=N–C) groups is 1. The molecule has 37 heavy (non-hydrogen) atoms. The third kappa shape index (κ3) is 6.70. The number of alkyl halides is 3. The predicted molar refractivity (Wildman–Crippen MR) is 130 cm³/mol. The van der Waals surface area contributed by atoms with Gasteiger partial charge in [0, 0.05) is 16.3 Å². The van der Waals surface area contributed by atoms with E-state index in [0.717, 1.165) is 42.0 Å². The Hall–Kier alpha value is -4.25. The van der Waals surface area contributed by atoms with Crippen LogP contribution in [0.5, 0.6) is 5.75 Å². The molecule has 3 aromatic carbocycles. The fourth-order valence-electron chi connectivity index (χ4n) is 3.31. The van der Waals surface area contributed by atoms with Crippen LogP contribution in [0.2, 0.25) is 5.02 Å². The molecule has 0 aromatic heterocycles. The van der Waals surface area contributed by atoms with Crippen LogP contribution < -0.4 is 15.4 Å². The van der Waals surface area contributed by atoms with E-state index in [9.17, 15) is 22.4 Å². The first kappa shape index (κ1) is 25.8. The van der Waals surface area contributed by atoms with Crippen molar-refractivity contribution in [3.05, 3.63) is 106 Å². The number of guanidine groups is 1. The summed E-state index contributed by atoms with van der Waals surface area (Å²) in [5.74, 6) is -0.759. The Morgan fingerprint density at radius 2 is 1.76 bits per heavy atom. The first-order chi connectivity index (χ1) is 17.6. The van der Waals surface area contributed by atoms with Crippen molar-refractivity contribution < 1.29 is 27.1 Å². The fraction of sp³-hybridized carbons (Fsp3) is 0.120. The summed E-state index contributed by atoms with van der Waals surface area (Å²) in [5.41, 5.74) is 0.0261. The van der Waals surface area contributed by atoms with Crippen molar-refractivity contribution in [2.45, 2.75) is 12.2 Å². The fourth-order valence-corrected chi connectivity index (χ4v) is 3.53. The van der Waals surface area contributed by atoms with Gasteiger partial charge in [-0.15, -0.1) is 5.11 Å². The lowest BCUT2D eigenvalue weighted by Crippen LogP contribution is -2.36. The third-order valence-electron chi connectivity index (χ3n) is 5.11. The lowest BCUT2D eigenvalue weighted by molar-refractivity contribution is -0.137. The minimum atomic E-state index is -4.54. The number of nitrogens with one attached hydrogen (secondary N) is 2. The highest BCUT2D eigenvalue weighted by atomic mass is 35.5. The van der Waals surface area contributed by atoms with Gasteiger partial charge in [-0.1, -0.05) is 23.7 Å². The van der Waals surface area contributed by atoms with Gasteiger partial charge in [0.05, 0.1) is 12.7 Å². The van der Waals surface area contributed by atoms with Crippen LogP contribution in [0.1, 0.15) is 27.5 Å². The average Bonchev–Trinajstić information content (AvgIpc) is 3.31. The molecule has 1 aliphatic rings. The summed E-state index contributed by atoms with van der Waals surface area (Å²) in [5, 5.41) is 13.5. The van der Waals surface area contributed by atoms with Gasteiger partial charge >= 0.3 is 6.18 Å². The zero-order valence-corrected chi connectivity index (χ0v) is 19.8. The molecule has 0 saturated carbocycles. The van der Waals surface area contributed by atoms with Crippen LogP contribution in [0, 0.1) is 5.82 Å². The van der Waals surface area contributed by atoms with Gasteiger partial charge in [-0.05, 0) is 66.2 Å². The molecule has 0 radical (unpaired) electrons. The molecule has 4 rings (SSSR count). The van der Waals surface area contributed by atoms with Crippen molar-refractivity contribution in [2.24, 2.45) is 15.2 Å². The molecule has 12 heteroatoms. The standard InChI is InChI=1S/C25H18ClF4N5O2/c1-37-20-8-4-14(5-9-20)21-13-22(35-34-21)32-24(31-19-11-17(26)10-18(27)12-19)33-23(36)15-2-6-16(7-3-15)25(28,29)30/h2-13,21H,1H3,(H2,31,32,33,36). The van der Waals surface area contributed by atoms with E-state index >= 15 is 0 Å². The van der Waals surface area contributed by atoms with Crippen molar-refractivity contribution in [3.63, 3.8) is 0 Å². The Bertz CT molecular complexity index is 1370. The second kappa shape index (κ2) is 10.8. The van der Waals surface area contributed by atoms with Crippen molar-refractivity contribution in [2.75, 3.05) is 12.4 Å². The van der Waals surface area contributed by atoms with Crippen molar-refractivity contribution in [1.82, 2.24) is 5.32 Å². The summed E-state index contributed by atoms with van der Waals surface area (Å²) in [6.45, 7) is 0. The van der Waals surface area contributed by atoms with E-state index in [-0.39, 0.29) is 28.1 Å². The summed E-state index contributed by atoms with van der Waals surface area (Å²) in [6, 6.07) is 14.0. The monoisotopic (exact) mass is 531 g/mol. The number of anilines is 1. The van der Waals surface area contributed by atoms with Crippen LogP contribution in [0.15, 0.2) is 93.8 Å². The van der Waals surface area contributed by atoms with Crippen molar-refractivity contribution in [1.29, 1.82) is 0 Å². The van der Waals surface area contributed by atoms with Crippen LogP contribution in [0.4, 0.5) is 23.2 Å². The van der Waals surface area contributed by atoms with E-state index in [1.54, 1.807) is 25.3 Å². The number of methoxy groups -OCH3 is 1. The Labute approximate surface area is 213 Å². The zero-order valence-electron chi connectivity index (χ0n) is 19.1. The first-order valence-corrected chi connectivity index (χ1v) is 11.1. The van der Waals surface area contributed by atoms with Gasteiger partial charge in [0.25, 0.3) is 5.91 Å². The maximum atomic E-state index is 13.8. The Kier molecular flexibility index (Phi) is 7.53. The Morgan fingerprint density at radius 1 is 1.05 bits per heavy atom. The normalized spacial score (nSPS) is 15.4. The number of carbonyl (C=O) groups excluding carboxylic acids is 1. The largest absolute Gasteiger partial charge is 0.497 e. The highest BCUT2D eigenvalue weighted by Gasteiger charge is 2.30. The molecule has 0 spiro atoms. The van der Waals surface area contributed by atoms with Crippen LogP contribution >= 0.6 is 11.6 Å². The smallest absolute Gasteiger partial charge is 0.416 e. The van der Waals surface area contributed by atoms with Gasteiger partial charge in [0.15, 0.2) is 5.82 Å². The number of nitrogens with zero attached hydrogens (tertiary/aromatic N) is 3. The highest BCUT2D eigenvalue weighted by Crippen LogP contribution is 2.30. The average molecular weight is 532 g/mol. The molecule has 1 unspecified atom stereocenters. The van der Waals surface area contributed by atoms with Crippen LogP contribution in [-0.4, -0.2) is 19.0 Å². The maximum absolute atomic E-state index is 13.8. The first-order valence-electron chi connectivity index (χ1n) is 10.7. The zero-order chi connectivity index (χ0) is 26.6. The minimum absolute atomic E-state index is 0.0575.